The van der Waals surface area contributed by atoms with Crippen molar-refractivity contribution in [1.29, 1.82) is 0 Å². The van der Waals surface area contributed by atoms with Crippen LogP contribution in [0.4, 0.5) is 0 Å². The summed E-state index contributed by atoms with van der Waals surface area (Å²) in [6, 6.07) is 6.75. The van der Waals surface area contributed by atoms with Gasteiger partial charge in [0.05, 0.1) is 11.4 Å². The average molecular weight is 336 g/mol. The van der Waals surface area contributed by atoms with Gasteiger partial charge in [0, 0.05) is 16.2 Å². The lowest BCUT2D eigenvalue weighted by molar-refractivity contribution is 0.649. The number of benzene rings is 1. The highest BCUT2D eigenvalue weighted by atomic mass is 79.9. The second kappa shape index (κ2) is 6.10. The van der Waals surface area contributed by atoms with E-state index in [1.54, 1.807) is 0 Å². The summed E-state index contributed by atoms with van der Waals surface area (Å²) in [6.45, 7) is 8.54. The highest BCUT2D eigenvalue weighted by molar-refractivity contribution is 9.10. The van der Waals surface area contributed by atoms with Crippen LogP contribution in [0.25, 0.3) is 5.69 Å². The fourth-order valence-corrected chi connectivity index (χ4v) is 3.30. The molecule has 1 heterocycles. The molecule has 1 aromatic carbocycles. The molecule has 0 fully saturated rings. The molecule has 0 spiro atoms. The molecule has 2 aromatic rings. The van der Waals surface area contributed by atoms with E-state index in [0.717, 1.165) is 22.3 Å². The third-order valence-electron chi connectivity index (χ3n) is 3.92. The Labute approximate surface area is 129 Å². The van der Waals surface area contributed by atoms with Crippen LogP contribution < -0.4 is 5.32 Å². The molecular formula is C16H22BrN3. The van der Waals surface area contributed by atoms with E-state index in [0.29, 0.717) is 6.04 Å². The molecule has 0 amide bonds. The van der Waals surface area contributed by atoms with Crippen LogP contribution in [-0.2, 0) is 6.42 Å². The maximum absolute atomic E-state index is 4.67. The summed E-state index contributed by atoms with van der Waals surface area (Å²) in [5, 5.41) is 7.93. The van der Waals surface area contributed by atoms with E-state index in [9.17, 15) is 0 Å². The maximum Gasteiger partial charge on any atom is 0.0660 e. The first kappa shape index (κ1) is 15.3. The summed E-state index contributed by atoms with van der Waals surface area (Å²) in [5.74, 6) is 0. The second-order valence-corrected chi connectivity index (χ2v) is 5.99. The van der Waals surface area contributed by atoms with Gasteiger partial charge >= 0.3 is 0 Å². The largest absolute Gasteiger partial charge is 0.313 e. The number of aromatic nitrogens is 2. The molecule has 3 nitrogen and oxygen atoms in total. The molecule has 1 N–H and O–H groups in total. The van der Waals surface area contributed by atoms with Crippen molar-refractivity contribution in [2.75, 3.05) is 7.05 Å². The molecule has 0 aliphatic heterocycles. The molecule has 20 heavy (non-hydrogen) atoms. The van der Waals surface area contributed by atoms with Crippen molar-refractivity contribution in [1.82, 2.24) is 15.1 Å². The van der Waals surface area contributed by atoms with Crippen molar-refractivity contribution in [3.8, 4) is 5.69 Å². The predicted octanol–water partition coefficient (Wildman–Crippen LogP) is 4.09. The zero-order chi connectivity index (χ0) is 14.9. The minimum absolute atomic E-state index is 0.324. The number of nitrogens with one attached hydrogen (secondary N) is 1. The lowest BCUT2D eigenvalue weighted by atomic mass is 10.1. The van der Waals surface area contributed by atoms with Crippen LogP contribution in [0, 0.1) is 13.8 Å². The molecule has 1 atom stereocenters. The van der Waals surface area contributed by atoms with Gasteiger partial charge in [0.25, 0.3) is 0 Å². The van der Waals surface area contributed by atoms with Crippen LogP contribution >= 0.6 is 15.9 Å². The van der Waals surface area contributed by atoms with E-state index in [4.69, 9.17) is 0 Å². The highest BCUT2D eigenvalue weighted by Crippen LogP contribution is 2.27. The lowest BCUT2D eigenvalue weighted by Crippen LogP contribution is -2.13. The van der Waals surface area contributed by atoms with E-state index in [-0.39, 0.29) is 0 Å². The lowest BCUT2D eigenvalue weighted by Gasteiger charge is -2.14. The summed E-state index contributed by atoms with van der Waals surface area (Å²) in [7, 11) is 1.97. The fourth-order valence-electron chi connectivity index (χ4n) is 2.59. The molecule has 0 radical (unpaired) electrons. The normalized spacial score (nSPS) is 12.7. The zero-order valence-electron chi connectivity index (χ0n) is 12.8. The van der Waals surface area contributed by atoms with E-state index in [1.165, 1.54) is 16.8 Å². The molecule has 1 aromatic heterocycles. The first-order chi connectivity index (χ1) is 9.49. The standard InChI is InChI=1S/C16H22BrN3/c1-6-14-11(3)19-20(12(14)4)13-7-8-15(10(2)18-5)16(17)9-13/h7-10,18H,6H2,1-5H3. The van der Waals surface area contributed by atoms with E-state index in [1.807, 2.05) is 11.7 Å². The minimum atomic E-state index is 0.324. The quantitative estimate of drug-likeness (QED) is 0.911. The van der Waals surface area contributed by atoms with Crippen LogP contribution in [0.2, 0.25) is 0 Å². The minimum Gasteiger partial charge on any atom is -0.313 e. The molecule has 1 unspecified atom stereocenters. The van der Waals surface area contributed by atoms with Crippen LogP contribution in [0.3, 0.4) is 0 Å². The number of rotatable bonds is 4. The van der Waals surface area contributed by atoms with Crippen molar-refractivity contribution in [3.63, 3.8) is 0 Å². The molecule has 0 aliphatic rings. The topological polar surface area (TPSA) is 29.9 Å². The Kier molecular flexibility index (Phi) is 4.66. The molecule has 108 valence electrons. The first-order valence-corrected chi connectivity index (χ1v) is 7.81. The molecule has 0 saturated heterocycles. The molecule has 2 rings (SSSR count). The molecule has 4 heteroatoms. The van der Waals surface area contributed by atoms with Crippen LogP contribution in [-0.4, -0.2) is 16.8 Å². The molecule has 0 bridgehead atoms. The Bertz CT molecular complexity index is 616. The number of hydrogen-bond acceptors (Lipinski definition) is 2. The Morgan fingerprint density at radius 1 is 1.35 bits per heavy atom. The van der Waals surface area contributed by atoms with Gasteiger partial charge in [-0.2, -0.15) is 5.10 Å². The Morgan fingerprint density at radius 2 is 2.05 bits per heavy atom. The highest BCUT2D eigenvalue weighted by Gasteiger charge is 2.13. The number of nitrogens with zero attached hydrogens (tertiary/aromatic N) is 2. The molecular weight excluding hydrogens is 314 g/mol. The number of halogens is 1. The van der Waals surface area contributed by atoms with Gasteiger partial charge in [-0.15, -0.1) is 0 Å². The SMILES string of the molecule is CCc1c(C)nn(-c2ccc(C(C)NC)c(Br)c2)c1C. The monoisotopic (exact) mass is 335 g/mol. The zero-order valence-corrected chi connectivity index (χ0v) is 14.4. The van der Waals surface area contributed by atoms with Gasteiger partial charge in [-0.25, -0.2) is 4.68 Å². The second-order valence-electron chi connectivity index (χ2n) is 5.13. The van der Waals surface area contributed by atoms with Crippen LogP contribution in [0.5, 0.6) is 0 Å². The van der Waals surface area contributed by atoms with Crippen molar-refractivity contribution in [2.45, 2.75) is 40.2 Å². The van der Waals surface area contributed by atoms with Crippen molar-refractivity contribution in [3.05, 3.63) is 45.2 Å². The van der Waals surface area contributed by atoms with E-state index < -0.39 is 0 Å². The number of aryl methyl sites for hydroxylation is 1. The maximum atomic E-state index is 4.67. The van der Waals surface area contributed by atoms with Gasteiger partial charge in [0.1, 0.15) is 0 Å². The summed E-state index contributed by atoms with van der Waals surface area (Å²) in [5.41, 5.74) is 6.05. The van der Waals surface area contributed by atoms with Crippen LogP contribution in [0.15, 0.2) is 22.7 Å². The Hall–Kier alpha value is -1.13. The molecule has 0 aliphatic carbocycles. The molecule has 0 saturated carbocycles. The van der Waals surface area contributed by atoms with Gasteiger partial charge in [0.15, 0.2) is 0 Å². The van der Waals surface area contributed by atoms with Crippen molar-refractivity contribution in [2.24, 2.45) is 0 Å². The van der Waals surface area contributed by atoms with Crippen LogP contribution in [0.1, 0.15) is 42.4 Å². The van der Waals surface area contributed by atoms with Gasteiger partial charge in [0.2, 0.25) is 0 Å². The van der Waals surface area contributed by atoms with Crippen molar-refractivity contribution >= 4 is 15.9 Å². The number of hydrogen-bond donors (Lipinski definition) is 1. The van der Waals surface area contributed by atoms with Gasteiger partial charge < -0.3 is 5.32 Å². The fraction of sp³-hybridized carbons (Fsp3) is 0.438. The van der Waals surface area contributed by atoms with Gasteiger partial charge in [-0.3, -0.25) is 0 Å². The van der Waals surface area contributed by atoms with Crippen molar-refractivity contribution < 1.29 is 0 Å². The Morgan fingerprint density at radius 3 is 2.55 bits per heavy atom. The van der Waals surface area contributed by atoms with E-state index >= 15 is 0 Å². The summed E-state index contributed by atoms with van der Waals surface area (Å²) in [6.07, 6.45) is 1.02. The summed E-state index contributed by atoms with van der Waals surface area (Å²) < 4.78 is 3.15. The smallest absolute Gasteiger partial charge is 0.0660 e. The predicted molar refractivity (Wildman–Crippen MR) is 87.6 cm³/mol. The van der Waals surface area contributed by atoms with Gasteiger partial charge in [-0.05, 0) is 57.5 Å². The van der Waals surface area contributed by atoms with E-state index in [2.05, 4.69) is 72.2 Å². The third-order valence-corrected chi connectivity index (χ3v) is 4.61. The summed E-state index contributed by atoms with van der Waals surface area (Å²) in [4.78, 5) is 0. The summed E-state index contributed by atoms with van der Waals surface area (Å²) >= 11 is 3.67. The Balaban J connectivity index is 2.47. The van der Waals surface area contributed by atoms with Gasteiger partial charge in [-0.1, -0.05) is 28.9 Å². The first-order valence-electron chi connectivity index (χ1n) is 7.01. The third kappa shape index (κ3) is 2.67. The average Bonchev–Trinajstić information content (AvgIpc) is 2.72.